The Morgan fingerprint density at radius 3 is 2.71 bits per heavy atom. The Bertz CT molecular complexity index is 335. The summed E-state index contributed by atoms with van der Waals surface area (Å²) in [6.45, 7) is 2.02. The second-order valence-electron chi connectivity index (χ2n) is 4.90. The van der Waals surface area contributed by atoms with Gasteiger partial charge < -0.3 is 30.1 Å². The number of amides is 2. The van der Waals surface area contributed by atoms with Crippen LogP contribution in [0.2, 0.25) is 0 Å². The van der Waals surface area contributed by atoms with E-state index >= 15 is 0 Å². The van der Waals surface area contributed by atoms with Gasteiger partial charge in [-0.25, -0.2) is 4.79 Å². The van der Waals surface area contributed by atoms with Gasteiger partial charge in [0.1, 0.15) is 18.3 Å². The molecule has 4 N–H and O–H groups in total. The Morgan fingerprint density at radius 2 is 2.14 bits per heavy atom. The molecule has 1 aliphatic rings. The highest BCUT2D eigenvalue weighted by Crippen LogP contribution is 2.21. The smallest absolute Gasteiger partial charge is 0.319 e. The number of hydrogen-bond acceptors (Lipinski definition) is 6. The van der Waals surface area contributed by atoms with Crippen LogP contribution < -0.4 is 5.32 Å². The average Bonchev–Trinajstić information content (AvgIpc) is 2.45. The summed E-state index contributed by atoms with van der Waals surface area (Å²) in [4.78, 5) is 13.5. The molecule has 21 heavy (non-hydrogen) atoms. The number of ether oxygens (including phenoxy) is 2. The summed E-state index contributed by atoms with van der Waals surface area (Å²) >= 11 is 5.54. The van der Waals surface area contributed by atoms with Crippen LogP contribution in [0.3, 0.4) is 0 Å². The van der Waals surface area contributed by atoms with E-state index in [4.69, 9.17) is 21.1 Å². The van der Waals surface area contributed by atoms with Gasteiger partial charge in [0.2, 0.25) is 0 Å². The summed E-state index contributed by atoms with van der Waals surface area (Å²) in [6.07, 6.45) is -5.08. The van der Waals surface area contributed by atoms with E-state index < -0.39 is 36.6 Å². The number of urea groups is 1. The molecule has 0 spiro atoms. The molecule has 1 fully saturated rings. The fraction of sp³-hybridized carbons (Fsp3) is 0.917. The number of rotatable bonds is 6. The van der Waals surface area contributed by atoms with E-state index in [1.54, 1.807) is 6.92 Å². The number of halogens is 1. The van der Waals surface area contributed by atoms with Crippen molar-refractivity contribution in [2.45, 2.75) is 37.5 Å². The summed E-state index contributed by atoms with van der Waals surface area (Å²) < 4.78 is 10.3. The van der Waals surface area contributed by atoms with E-state index in [9.17, 15) is 20.1 Å². The van der Waals surface area contributed by atoms with Gasteiger partial charge in [0.25, 0.3) is 0 Å². The molecule has 5 atom stereocenters. The number of methoxy groups -OCH3 is 1. The fourth-order valence-corrected chi connectivity index (χ4v) is 2.26. The first-order valence-corrected chi connectivity index (χ1v) is 7.24. The molecule has 0 aromatic rings. The van der Waals surface area contributed by atoms with Gasteiger partial charge in [-0.05, 0) is 6.92 Å². The highest BCUT2D eigenvalue weighted by Gasteiger charge is 2.43. The first-order valence-electron chi connectivity index (χ1n) is 6.70. The third kappa shape index (κ3) is 4.67. The fourth-order valence-electron chi connectivity index (χ4n) is 2.17. The molecule has 1 unspecified atom stereocenters. The molecule has 0 aliphatic carbocycles. The third-order valence-electron chi connectivity index (χ3n) is 3.24. The lowest BCUT2D eigenvalue weighted by molar-refractivity contribution is -0.225. The van der Waals surface area contributed by atoms with Crippen LogP contribution in [0.4, 0.5) is 4.79 Å². The lowest BCUT2D eigenvalue weighted by atomic mass is 10.0. The minimum Gasteiger partial charge on any atom is -0.388 e. The molecule has 1 rings (SSSR count). The summed E-state index contributed by atoms with van der Waals surface area (Å²) in [7, 11) is 1.49. The van der Waals surface area contributed by atoms with Crippen LogP contribution in [0.1, 0.15) is 6.92 Å². The highest BCUT2D eigenvalue weighted by molar-refractivity contribution is 6.18. The van der Waals surface area contributed by atoms with Crippen molar-refractivity contribution >= 4 is 17.6 Å². The first-order chi connectivity index (χ1) is 9.93. The van der Waals surface area contributed by atoms with Crippen LogP contribution in [0.25, 0.3) is 0 Å². The average molecular weight is 327 g/mol. The van der Waals surface area contributed by atoms with Crippen molar-refractivity contribution in [3.63, 3.8) is 0 Å². The van der Waals surface area contributed by atoms with Gasteiger partial charge >= 0.3 is 6.03 Å². The van der Waals surface area contributed by atoms with Crippen LogP contribution >= 0.6 is 11.6 Å². The predicted molar refractivity (Wildman–Crippen MR) is 75.1 cm³/mol. The monoisotopic (exact) mass is 326 g/mol. The van der Waals surface area contributed by atoms with Gasteiger partial charge in [0.05, 0.1) is 19.3 Å². The number of carbonyl (C=O) groups is 1. The second-order valence-corrected chi connectivity index (χ2v) is 5.28. The molecule has 2 amide bonds. The number of carbonyl (C=O) groups excluding carboxylic acids is 1. The van der Waals surface area contributed by atoms with Crippen molar-refractivity contribution in [1.29, 1.82) is 0 Å². The van der Waals surface area contributed by atoms with Gasteiger partial charge in [0.15, 0.2) is 6.23 Å². The van der Waals surface area contributed by atoms with Crippen molar-refractivity contribution in [1.82, 2.24) is 10.2 Å². The Hall–Kier alpha value is -0.640. The molecule has 1 saturated heterocycles. The largest absolute Gasteiger partial charge is 0.388 e. The maximum Gasteiger partial charge on any atom is 0.319 e. The molecular formula is C12H23ClN2O6. The first kappa shape index (κ1) is 18.4. The summed E-state index contributed by atoms with van der Waals surface area (Å²) in [5.41, 5.74) is 0. The van der Waals surface area contributed by atoms with Crippen molar-refractivity contribution in [3.05, 3.63) is 0 Å². The Morgan fingerprint density at radius 1 is 1.48 bits per heavy atom. The second kappa shape index (κ2) is 8.72. The Labute approximate surface area is 128 Å². The van der Waals surface area contributed by atoms with E-state index in [1.165, 1.54) is 12.0 Å². The quantitative estimate of drug-likeness (QED) is 0.452. The highest BCUT2D eigenvalue weighted by atomic mass is 35.5. The molecule has 0 aromatic carbocycles. The molecule has 8 nitrogen and oxygen atoms in total. The molecule has 0 bridgehead atoms. The number of aliphatic hydroxyl groups is 3. The summed E-state index contributed by atoms with van der Waals surface area (Å²) in [5.74, 6) is 0.244. The SMILES string of the molecule is COCC(C)N(C(=O)NCCCl)[C@@H]1OC[C@@H](O)[C@@H](O)[C@@H]1O. The third-order valence-corrected chi connectivity index (χ3v) is 3.43. The Kier molecular flexibility index (Phi) is 7.64. The van der Waals surface area contributed by atoms with E-state index in [0.717, 1.165) is 0 Å². The lowest BCUT2D eigenvalue weighted by Gasteiger charge is -2.43. The maximum absolute atomic E-state index is 12.2. The Balaban J connectivity index is 2.86. The van der Waals surface area contributed by atoms with Crippen LogP contribution in [-0.4, -0.2) is 89.6 Å². The molecule has 124 valence electrons. The lowest BCUT2D eigenvalue weighted by Crippen LogP contribution is -2.64. The van der Waals surface area contributed by atoms with Crippen LogP contribution in [-0.2, 0) is 9.47 Å². The van der Waals surface area contributed by atoms with E-state index in [-0.39, 0.29) is 25.6 Å². The predicted octanol–water partition coefficient (Wildman–Crippen LogP) is -1.29. The van der Waals surface area contributed by atoms with Gasteiger partial charge in [-0.1, -0.05) is 0 Å². The van der Waals surface area contributed by atoms with Crippen molar-refractivity contribution in [2.24, 2.45) is 0 Å². The van der Waals surface area contributed by atoms with E-state index in [2.05, 4.69) is 5.32 Å². The topological polar surface area (TPSA) is 111 Å². The van der Waals surface area contributed by atoms with E-state index in [1.807, 2.05) is 0 Å². The molecule has 1 aliphatic heterocycles. The van der Waals surface area contributed by atoms with Gasteiger partial charge in [-0.3, -0.25) is 4.90 Å². The minimum atomic E-state index is -1.42. The summed E-state index contributed by atoms with van der Waals surface area (Å²) in [6, 6.07) is -0.903. The van der Waals surface area contributed by atoms with Crippen LogP contribution in [0.15, 0.2) is 0 Å². The van der Waals surface area contributed by atoms with Gasteiger partial charge in [0, 0.05) is 19.5 Å². The molecule has 0 aromatic heterocycles. The molecule has 1 heterocycles. The normalized spacial score (nSPS) is 30.8. The van der Waals surface area contributed by atoms with Crippen molar-refractivity contribution in [3.8, 4) is 0 Å². The molecule has 9 heteroatoms. The number of alkyl halides is 1. The number of aliphatic hydroxyl groups excluding tert-OH is 3. The number of nitrogens with zero attached hydrogens (tertiary/aromatic N) is 1. The summed E-state index contributed by atoms with van der Waals surface area (Å²) in [5, 5.41) is 31.8. The van der Waals surface area contributed by atoms with Gasteiger partial charge in [-0.2, -0.15) is 0 Å². The zero-order valence-electron chi connectivity index (χ0n) is 12.1. The minimum absolute atomic E-state index is 0.179. The zero-order valence-corrected chi connectivity index (χ0v) is 12.9. The standard InChI is InChI=1S/C12H23ClN2O6/c1-7(5-20-2)15(12(19)14-4-3-13)11-10(18)9(17)8(16)6-21-11/h7-11,16-18H,3-6H2,1-2H3,(H,14,19)/t7?,8-,9-,10+,11-/m1/s1. The number of nitrogens with one attached hydrogen (secondary N) is 1. The van der Waals surface area contributed by atoms with E-state index in [0.29, 0.717) is 0 Å². The van der Waals surface area contributed by atoms with Crippen LogP contribution in [0.5, 0.6) is 0 Å². The van der Waals surface area contributed by atoms with Crippen LogP contribution in [0, 0.1) is 0 Å². The zero-order chi connectivity index (χ0) is 16.0. The van der Waals surface area contributed by atoms with Crippen molar-refractivity contribution < 1.29 is 29.6 Å². The van der Waals surface area contributed by atoms with Crippen molar-refractivity contribution in [2.75, 3.05) is 32.7 Å². The number of hydrogen-bond donors (Lipinski definition) is 4. The molecule has 0 saturated carbocycles. The van der Waals surface area contributed by atoms with Gasteiger partial charge in [-0.15, -0.1) is 11.6 Å². The molecule has 0 radical (unpaired) electrons. The molecular weight excluding hydrogens is 304 g/mol. The maximum atomic E-state index is 12.2.